The van der Waals surface area contributed by atoms with Gasteiger partial charge in [-0.1, -0.05) is 37.3 Å². The van der Waals surface area contributed by atoms with E-state index >= 15 is 0 Å². The maximum Gasteiger partial charge on any atom is 0.0626 e. The molecule has 0 bridgehead atoms. The molecule has 1 saturated carbocycles. The van der Waals surface area contributed by atoms with Gasteiger partial charge in [0.15, 0.2) is 0 Å². The standard InChI is InChI=1S/C15H23NO/c1-12-7-9-14(10-8-12)16-15(11-17)13-5-3-2-4-6-13/h2-6,12,14-17H,7-11H2,1H3/t12?,14?,15-/m0/s1. The molecule has 2 nitrogen and oxygen atoms in total. The van der Waals surface area contributed by atoms with E-state index in [0.29, 0.717) is 6.04 Å². The van der Waals surface area contributed by atoms with E-state index in [-0.39, 0.29) is 12.6 Å². The lowest BCUT2D eigenvalue weighted by atomic mass is 9.87. The summed E-state index contributed by atoms with van der Waals surface area (Å²) in [5.41, 5.74) is 1.19. The van der Waals surface area contributed by atoms with Gasteiger partial charge < -0.3 is 10.4 Å². The van der Waals surface area contributed by atoms with Gasteiger partial charge in [0.1, 0.15) is 0 Å². The molecule has 1 aliphatic rings. The zero-order valence-electron chi connectivity index (χ0n) is 10.6. The second kappa shape index (κ2) is 6.18. The van der Waals surface area contributed by atoms with Gasteiger partial charge in [-0.05, 0) is 37.2 Å². The smallest absolute Gasteiger partial charge is 0.0626 e. The summed E-state index contributed by atoms with van der Waals surface area (Å²) in [5, 5.41) is 13.1. The van der Waals surface area contributed by atoms with Gasteiger partial charge in [0.2, 0.25) is 0 Å². The van der Waals surface area contributed by atoms with E-state index in [1.165, 1.54) is 31.2 Å². The molecule has 1 fully saturated rings. The predicted molar refractivity (Wildman–Crippen MR) is 70.8 cm³/mol. The summed E-state index contributed by atoms with van der Waals surface area (Å²) in [7, 11) is 0. The highest BCUT2D eigenvalue weighted by Gasteiger charge is 2.21. The molecule has 0 spiro atoms. The molecule has 94 valence electrons. The molecule has 1 aromatic carbocycles. The molecule has 17 heavy (non-hydrogen) atoms. The summed E-state index contributed by atoms with van der Waals surface area (Å²) in [6.07, 6.45) is 5.10. The van der Waals surface area contributed by atoms with Crippen molar-refractivity contribution in [1.29, 1.82) is 0 Å². The zero-order chi connectivity index (χ0) is 12.1. The Labute approximate surface area is 104 Å². The number of benzene rings is 1. The normalized spacial score (nSPS) is 26.7. The van der Waals surface area contributed by atoms with E-state index in [2.05, 4.69) is 24.4 Å². The second-order valence-corrected chi connectivity index (χ2v) is 5.27. The molecule has 0 saturated heterocycles. The van der Waals surface area contributed by atoms with Crippen LogP contribution in [0.5, 0.6) is 0 Å². The van der Waals surface area contributed by atoms with Crippen LogP contribution in [0.2, 0.25) is 0 Å². The number of aliphatic hydroxyl groups is 1. The van der Waals surface area contributed by atoms with Crippen molar-refractivity contribution in [2.45, 2.75) is 44.7 Å². The molecule has 1 aromatic rings. The van der Waals surface area contributed by atoms with E-state index in [0.717, 1.165) is 5.92 Å². The lowest BCUT2D eigenvalue weighted by Crippen LogP contribution is -2.37. The molecule has 0 amide bonds. The summed E-state index contributed by atoms with van der Waals surface area (Å²) in [6, 6.07) is 10.9. The van der Waals surface area contributed by atoms with Gasteiger partial charge in [-0.3, -0.25) is 0 Å². The van der Waals surface area contributed by atoms with E-state index in [4.69, 9.17) is 0 Å². The lowest BCUT2D eigenvalue weighted by molar-refractivity contribution is 0.211. The highest BCUT2D eigenvalue weighted by atomic mass is 16.3. The summed E-state index contributed by atoms with van der Waals surface area (Å²) < 4.78 is 0. The van der Waals surface area contributed by atoms with Crippen LogP contribution in [0.4, 0.5) is 0 Å². The molecule has 2 rings (SSSR count). The minimum absolute atomic E-state index is 0.0922. The topological polar surface area (TPSA) is 32.3 Å². The summed E-state index contributed by atoms with van der Waals surface area (Å²) in [5.74, 6) is 0.873. The first-order valence-electron chi connectivity index (χ1n) is 6.71. The van der Waals surface area contributed by atoms with Gasteiger partial charge in [-0.2, -0.15) is 0 Å². The van der Waals surface area contributed by atoms with E-state index in [9.17, 15) is 5.11 Å². The van der Waals surface area contributed by atoms with Gasteiger partial charge in [0.05, 0.1) is 12.6 Å². The fraction of sp³-hybridized carbons (Fsp3) is 0.600. The van der Waals surface area contributed by atoms with Crippen LogP contribution in [0.25, 0.3) is 0 Å². The third-order valence-corrected chi connectivity index (χ3v) is 3.84. The summed E-state index contributed by atoms with van der Waals surface area (Å²) in [6.45, 7) is 2.51. The maximum atomic E-state index is 9.50. The molecule has 0 unspecified atom stereocenters. The van der Waals surface area contributed by atoms with Crippen LogP contribution in [0.1, 0.15) is 44.2 Å². The van der Waals surface area contributed by atoms with Crippen molar-refractivity contribution in [3.05, 3.63) is 35.9 Å². The van der Waals surface area contributed by atoms with Crippen molar-refractivity contribution in [3.63, 3.8) is 0 Å². The van der Waals surface area contributed by atoms with Gasteiger partial charge >= 0.3 is 0 Å². The van der Waals surface area contributed by atoms with E-state index < -0.39 is 0 Å². The number of hydrogen-bond donors (Lipinski definition) is 2. The van der Waals surface area contributed by atoms with E-state index in [1.807, 2.05) is 18.2 Å². The molecule has 1 atom stereocenters. The minimum Gasteiger partial charge on any atom is -0.394 e. The molecule has 1 aliphatic carbocycles. The van der Waals surface area contributed by atoms with Crippen molar-refractivity contribution in [1.82, 2.24) is 5.32 Å². The van der Waals surface area contributed by atoms with Crippen LogP contribution in [-0.4, -0.2) is 17.8 Å². The molecular weight excluding hydrogens is 210 g/mol. The van der Waals surface area contributed by atoms with Crippen molar-refractivity contribution in [2.75, 3.05) is 6.61 Å². The number of hydrogen-bond acceptors (Lipinski definition) is 2. The Morgan fingerprint density at radius 2 is 1.82 bits per heavy atom. The molecular formula is C15H23NO. The monoisotopic (exact) mass is 233 g/mol. The second-order valence-electron chi connectivity index (χ2n) is 5.27. The van der Waals surface area contributed by atoms with Gasteiger partial charge in [-0.25, -0.2) is 0 Å². The first kappa shape index (κ1) is 12.6. The van der Waals surface area contributed by atoms with Crippen LogP contribution in [-0.2, 0) is 0 Å². The predicted octanol–water partition coefficient (Wildman–Crippen LogP) is 2.89. The summed E-state index contributed by atoms with van der Waals surface area (Å²) in [4.78, 5) is 0. The van der Waals surface area contributed by atoms with Crippen molar-refractivity contribution in [2.24, 2.45) is 5.92 Å². The Hall–Kier alpha value is -0.860. The van der Waals surface area contributed by atoms with Gasteiger partial charge in [0, 0.05) is 6.04 Å². The van der Waals surface area contributed by atoms with Gasteiger partial charge in [-0.15, -0.1) is 0 Å². The van der Waals surface area contributed by atoms with Crippen LogP contribution in [0, 0.1) is 5.92 Å². The van der Waals surface area contributed by atoms with Crippen molar-refractivity contribution < 1.29 is 5.11 Å². The molecule has 0 radical (unpaired) electrons. The van der Waals surface area contributed by atoms with Crippen LogP contribution in [0.15, 0.2) is 30.3 Å². The van der Waals surface area contributed by atoms with Crippen molar-refractivity contribution in [3.8, 4) is 0 Å². The lowest BCUT2D eigenvalue weighted by Gasteiger charge is -2.30. The first-order valence-corrected chi connectivity index (χ1v) is 6.71. The van der Waals surface area contributed by atoms with Crippen LogP contribution >= 0.6 is 0 Å². The Morgan fingerprint density at radius 3 is 2.41 bits per heavy atom. The fourth-order valence-electron chi connectivity index (χ4n) is 2.65. The van der Waals surface area contributed by atoms with Crippen molar-refractivity contribution >= 4 is 0 Å². The Kier molecular flexibility index (Phi) is 4.57. The number of rotatable bonds is 4. The van der Waals surface area contributed by atoms with Crippen LogP contribution < -0.4 is 5.32 Å². The SMILES string of the molecule is CC1CCC(N[C@@H](CO)c2ccccc2)CC1. The molecule has 0 heterocycles. The Morgan fingerprint density at radius 1 is 1.18 bits per heavy atom. The van der Waals surface area contributed by atoms with Gasteiger partial charge in [0.25, 0.3) is 0 Å². The first-order chi connectivity index (χ1) is 8.29. The highest BCUT2D eigenvalue weighted by molar-refractivity contribution is 5.19. The average molecular weight is 233 g/mol. The quantitative estimate of drug-likeness (QED) is 0.838. The third kappa shape index (κ3) is 3.55. The average Bonchev–Trinajstić information content (AvgIpc) is 2.39. The zero-order valence-corrected chi connectivity index (χ0v) is 10.6. The largest absolute Gasteiger partial charge is 0.394 e. The molecule has 0 aromatic heterocycles. The molecule has 2 heteroatoms. The Bertz CT molecular complexity index is 317. The Balaban J connectivity index is 1.92. The summed E-state index contributed by atoms with van der Waals surface area (Å²) >= 11 is 0. The fourth-order valence-corrected chi connectivity index (χ4v) is 2.65. The number of nitrogens with one attached hydrogen (secondary N) is 1. The molecule has 0 aliphatic heterocycles. The minimum atomic E-state index is 0.0922. The number of aliphatic hydroxyl groups excluding tert-OH is 1. The van der Waals surface area contributed by atoms with E-state index in [1.54, 1.807) is 0 Å². The highest BCUT2D eigenvalue weighted by Crippen LogP contribution is 2.25. The van der Waals surface area contributed by atoms with Crippen LogP contribution in [0.3, 0.4) is 0 Å². The maximum absolute atomic E-state index is 9.50. The molecule has 2 N–H and O–H groups in total. The third-order valence-electron chi connectivity index (χ3n) is 3.84.